The Morgan fingerprint density at radius 3 is 2.64 bits per heavy atom. The molecule has 0 unspecified atom stereocenters. The van der Waals surface area contributed by atoms with Gasteiger partial charge in [0.1, 0.15) is 16.5 Å². The van der Waals surface area contributed by atoms with E-state index in [4.69, 9.17) is 9.97 Å². The molecule has 0 N–H and O–H groups in total. The number of amides is 1. The number of hydrogen-bond donors (Lipinski definition) is 0. The van der Waals surface area contributed by atoms with Crippen molar-refractivity contribution in [3.05, 3.63) is 16.3 Å². The topological polar surface area (TPSA) is 49.3 Å². The summed E-state index contributed by atoms with van der Waals surface area (Å²) >= 11 is 1.91. The number of fused-ring (bicyclic) bond motifs is 3. The van der Waals surface area contributed by atoms with E-state index in [9.17, 15) is 4.79 Å². The molecule has 2 aliphatic carbocycles. The monoisotopic (exact) mass is 398 g/mol. The van der Waals surface area contributed by atoms with E-state index < -0.39 is 0 Å². The first-order valence-corrected chi connectivity index (χ1v) is 11.8. The smallest absolute Gasteiger partial charge is 0.222 e. The Hall–Kier alpha value is -1.69. The van der Waals surface area contributed by atoms with Crippen molar-refractivity contribution in [1.82, 2.24) is 14.9 Å². The number of piperazine rings is 1. The van der Waals surface area contributed by atoms with Crippen LogP contribution in [0, 0.1) is 5.92 Å². The quantitative estimate of drug-likeness (QED) is 0.777. The first kappa shape index (κ1) is 18.3. The standard InChI is InChI=1S/C22H30N4OS/c1-3-4-18(27)25-9-11-26(12-10-25)21-19-16-8-5-14(2)13-17(16)28-22(19)24-20(23-21)15-6-7-15/h14-15H,3-13H2,1-2H3/t14-/m1/s1. The fraction of sp³-hybridized carbons (Fsp3) is 0.682. The van der Waals surface area contributed by atoms with Gasteiger partial charge in [-0.05, 0) is 50.0 Å². The summed E-state index contributed by atoms with van der Waals surface area (Å²) in [7, 11) is 0. The normalized spacial score (nSPS) is 22.6. The minimum atomic E-state index is 0.301. The van der Waals surface area contributed by atoms with Crippen molar-refractivity contribution in [2.75, 3.05) is 31.1 Å². The minimum Gasteiger partial charge on any atom is -0.352 e. The van der Waals surface area contributed by atoms with Crippen LogP contribution in [-0.4, -0.2) is 47.0 Å². The molecule has 1 atom stereocenters. The molecule has 0 spiro atoms. The van der Waals surface area contributed by atoms with Crippen LogP contribution in [0.2, 0.25) is 0 Å². The van der Waals surface area contributed by atoms with Crippen molar-refractivity contribution in [3.8, 4) is 0 Å². The van der Waals surface area contributed by atoms with Gasteiger partial charge in [0.05, 0.1) is 5.39 Å². The molecule has 150 valence electrons. The van der Waals surface area contributed by atoms with Gasteiger partial charge in [-0.2, -0.15) is 0 Å². The maximum Gasteiger partial charge on any atom is 0.222 e. The molecule has 5 nitrogen and oxygen atoms in total. The van der Waals surface area contributed by atoms with E-state index in [-0.39, 0.29) is 0 Å². The molecule has 1 saturated carbocycles. The molecule has 2 aromatic heterocycles. The van der Waals surface area contributed by atoms with E-state index in [1.54, 1.807) is 0 Å². The van der Waals surface area contributed by atoms with Gasteiger partial charge in [0.15, 0.2) is 0 Å². The molecule has 1 amide bonds. The maximum absolute atomic E-state index is 12.3. The van der Waals surface area contributed by atoms with Gasteiger partial charge in [0.25, 0.3) is 0 Å². The maximum atomic E-state index is 12.3. The summed E-state index contributed by atoms with van der Waals surface area (Å²) in [5, 5.41) is 1.32. The molecule has 28 heavy (non-hydrogen) atoms. The van der Waals surface area contributed by atoms with Gasteiger partial charge >= 0.3 is 0 Å². The Morgan fingerprint density at radius 1 is 1.14 bits per heavy atom. The lowest BCUT2D eigenvalue weighted by Gasteiger charge is -2.36. The van der Waals surface area contributed by atoms with Crippen LogP contribution in [0.3, 0.4) is 0 Å². The SMILES string of the molecule is CCCC(=O)N1CCN(c2nc(C3CC3)nc3sc4c(c23)CC[C@@H](C)C4)CC1. The first-order chi connectivity index (χ1) is 13.6. The average Bonchev–Trinajstić information content (AvgIpc) is 3.48. The molecule has 0 aromatic carbocycles. The van der Waals surface area contributed by atoms with E-state index in [2.05, 4.69) is 18.7 Å². The lowest BCUT2D eigenvalue weighted by atomic mass is 9.89. The zero-order valence-electron chi connectivity index (χ0n) is 17.0. The lowest BCUT2D eigenvalue weighted by Crippen LogP contribution is -2.49. The van der Waals surface area contributed by atoms with Gasteiger partial charge < -0.3 is 9.80 Å². The van der Waals surface area contributed by atoms with Gasteiger partial charge in [-0.1, -0.05) is 13.8 Å². The highest BCUT2D eigenvalue weighted by Gasteiger charge is 2.32. The van der Waals surface area contributed by atoms with E-state index in [0.29, 0.717) is 18.2 Å². The highest BCUT2D eigenvalue weighted by molar-refractivity contribution is 7.19. The van der Waals surface area contributed by atoms with E-state index in [0.717, 1.165) is 56.6 Å². The zero-order valence-corrected chi connectivity index (χ0v) is 17.9. The van der Waals surface area contributed by atoms with Crippen LogP contribution < -0.4 is 4.90 Å². The van der Waals surface area contributed by atoms with Crippen molar-refractivity contribution in [1.29, 1.82) is 0 Å². The number of aryl methyl sites for hydroxylation is 1. The molecule has 2 fully saturated rings. The van der Waals surface area contributed by atoms with E-state index in [1.165, 1.54) is 46.3 Å². The summed E-state index contributed by atoms with van der Waals surface area (Å²) in [6, 6.07) is 0. The third kappa shape index (κ3) is 3.30. The number of rotatable bonds is 4. The highest BCUT2D eigenvalue weighted by atomic mass is 32.1. The fourth-order valence-electron chi connectivity index (χ4n) is 4.63. The van der Waals surface area contributed by atoms with Gasteiger partial charge in [-0.3, -0.25) is 4.79 Å². The molecule has 3 heterocycles. The molecular formula is C22H30N4OS. The van der Waals surface area contributed by atoms with Crippen LogP contribution in [-0.2, 0) is 17.6 Å². The third-order valence-electron chi connectivity index (χ3n) is 6.49. The summed E-state index contributed by atoms with van der Waals surface area (Å²) in [6.45, 7) is 7.83. The summed E-state index contributed by atoms with van der Waals surface area (Å²) in [6.07, 6.45) is 7.66. The second-order valence-electron chi connectivity index (χ2n) is 8.83. The Morgan fingerprint density at radius 2 is 1.93 bits per heavy atom. The second-order valence-corrected chi connectivity index (χ2v) is 9.91. The van der Waals surface area contributed by atoms with Crippen molar-refractivity contribution < 1.29 is 4.79 Å². The van der Waals surface area contributed by atoms with Crippen LogP contribution in [0.4, 0.5) is 5.82 Å². The molecule has 1 saturated heterocycles. The predicted octanol–water partition coefficient (Wildman–Crippen LogP) is 4.14. The third-order valence-corrected chi connectivity index (χ3v) is 7.64. The number of hydrogen-bond acceptors (Lipinski definition) is 5. The van der Waals surface area contributed by atoms with Gasteiger partial charge in [0.2, 0.25) is 5.91 Å². The molecule has 2 aromatic rings. The second kappa shape index (κ2) is 7.29. The number of carbonyl (C=O) groups excluding carboxylic acids is 1. The Balaban J connectivity index is 1.49. The first-order valence-electron chi connectivity index (χ1n) is 11.0. The largest absolute Gasteiger partial charge is 0.352 e. The molecule has 6 heteroatoms. The van der Waals surface area contributed by atoms with Crippen LogP contribution in [0.15, 0.2) is 0 Å². The number of carbonyl (C=O) groups is 1. The Labute approximate surface area is 171 Å². The molecular weight excluding hydrogens is 368 g/mol. The van der Waals surface area contributed by atoms with Crippen molar-refractivity contribution in [2.24, 2.45) is 5.92 Å². The number of anilines is 1. The lowest BCUT2D eigenvalue weighted by molar-refractivity contribution is -0.131. The number of nitrogens with zero attached hydrogens (tertiary/aromatic N) is 4. The Kier molecular flexibility index (Phi) is 4.77. The summed E-state index contributed by atoms with van der Waals surface area (Å²) in [4.78, 5) is 29.6. The van der Waals surface area contributed by atoms with Crippen molar-refractivity contribution in [3.63, 3.8) is 0 Å². The highest BCUT2D eigenvalue weighted by Crippen LogP contribution is 2.44. The van der Waals surface area contributed by atoms with Crippen LogP contribution in [0.25, 0.3) is 10.2 Å². The minimum absolute atomic E-state index is 0.301. The van der Waals surface area contributed by atoms with Crippen molar-refractivity contribution in [2.45, 2.75) is 64.7 Å². The summed E-state index contributed by atoms with van der Waals surface area (Å²) in [5.74, 6) is 3.84. The number of aromatic nitrogens is 2. The predicted molar refractivity (Wildman–Crippen MR) is 114 cm³/mol. The molecule has 0 bridgehead atoms. The molecule has 1 aliphatic heterocycles. The summed E-state index contributed by atoms with van der Waals surface area (Å²) < 4.78 is 0. The molecule has 3 aliphatic rings. The zero-order chi connectivity index (χ0) is 19.3. The van der Waals surface area contributed by atoms with Gasteiger partial charge in [-0.25, -0.2) is 9.97 Å². The van der Waals surface area contributed by atoms with Gasteiger partial charge in [-0.15, -0.1) is 11.3 Å². The van der Waals surface area contributed by atoms with Gasteiger partial charge in [0, 0.05) is 43.4 Å². The van der Waals surface area contributed by atoms with E-state index >= 15 is 0 Å². The summed E-state index contributed by atoms with van der Waals surface area (Å²) in [5.41, 5.74) is 1.51. The van der Waals surface area contributed by atoms with Crippen LogP contribution >= 0.6 is 11.3 Å². The average molecular weight is 399 g/mol. The molecule has 0 radical (unpaired) electrons. The Bertz CT molecular complexity index is 896. The van der Waals surface area contributed by atoms with Crippen LogP contribution in [0.1, 0.15) is 68.1 Å². The molecule has 5 rings (SSSR count). The van der Waals surface area contributed by atoms with Crippen LogP contribution in [0.5, 0.6) is 0 Å². The number of thiophene rings is 1. The van der Waals surface area contributed by atoms with E-state index in [1.807, 2.05) is 16.2 Å². The van der Waals surface area contributed by atoms with Crippen molar-refractivity contribution >= 4 is 33.3 Å². The fourth-order valence-corrected chi connectivity index (χ4v) is 6.02.